The lowest BCUT2D eigenvalue weighted by Crippen LogP contribution is -2.41. The van der Waals surface area contributed by atoms with Crippen LogP contribution in [0.2, 0.25) is 0 Å². The van der Waals surface area contributed by atoms with Gasteiger partial charge in [-0.15, -0.1) is 0 Å². The fraction of sp³-hybridized carbons (Fsp3) is 0.917. The van der Waals surface area contributed by atoms with Crippen molar-refractivity contribution in [1.82, 2.24) is 15.5 Å². The Kier molecular flexibility index (Phi) is 7.17. The monoisotopic (exact) mass is 227 g/mol. The molecule has 0 atom stereocenters. The molecule has 1 aliphatic heterocycles. The topological polar surface area (TPSA) is 44.4 Å². The molecule has 2 N–H and O–H groups in total. The molecule has 0 bridgehead atoms. The minimum absolute atomic E-state index is 0.730. The number of nitrogens with zero attached hydrogens (tertiary/aromatic N) is 1. The predicted octanol–water partition coefficient (Wildman–Crippen LogP) is 0.587. The van der Waals surface area contributed by atoms with Gasteiger partial charge in [0.1, 0.15) is 0 Å². The highest BCUT2D eigenvalue weighted by Gasteiger charge is 2.16. The zero-order chi connectivity index (χ0) is 11.6. The molecule has 0 aromatic heterocycles. The molecule has 1 rings (SSSR count). The zero-order valence-electron chi connectivity index (χ0n) is 10.4. The minimum Gasteiger partial charge on any atom is -0.359 e. The van der Waals surface area contributed by atoms with Crippen LogP contribution < -0.4 is 10.6 Å². The summed E-state index contributed by atoms with van der Waals surface area (Å²) in [7, 11) is 2.06. The van der Waals surface area contributed by atoms with Gasteiger partial charge in [0.15, 0.2) is 0 Å². The minimum atomic E-state index is 0.730. The van der Waals surface area contributed by atoms with E-state index in [9.17, 15) is 4.79 Å². The zero-order valence-corrected chi connectivity index (χ0v) is 10.4. The summed E-state index contributed by atoms with van der Waals surface area (Å²) in [5.74, 6) is 0. The summed E-state index contributed by atoms with van der Waals surface area (Å²) < 4.78 is 0. The maximum atomic E-state index is 10.0. The Morgan fingerprint density at radius 1 is 1.25 bits per heavy atom. The van der Waals surface area contributed by atoms with E-state index in [1.54, 1.807) is 0 Å². The van der Waals surface area contributed by atoms with Gasteiger partial charge in [0.2, 0.25) is 6.41 Å². The summed E-state index contributed by atoms with van der Waals surface area (Å²) in [5, 5.41) is 6.04. The van der Waals surface area contributed by atoms with Crippen LogP contribution >= 0.6 is 0 Å². The van der Waals surface area contributed by atoms with E-state index in [0.29, 0.717) is 0 Å². The van der Waals surface area contributed by atoms with Gasteiger partial charge in [-0.1, -0.05) is 6.42 Å². The first-order valence-corrected chi connectivity index (χ1v) is 6.43. The maximum Gasteiger partial charge on any atom is 0.207 e. The number of hydrogen-bond donors (Lipinski definition) is 2. The highest BCUT2D eigenvalue weighted by Crippen LogP contribution is 2.10. The molecule has 0 aromatic carbocycles. The summed E-state index contributed by atoms with van der Waals surface area (Å²) in [6, 6.07) is 0.730. The van der Waals surface area contributed by atoms with E-state index in [1.165, 1.54) is 45.3 Å². The first kappa shape index (κ1) is 13.5. The van der Waals surface area contributed by atoms with Crippen molar-refractivity contribution in [2.24, 2.45) is 0 Å². The van der Waals surface area contributed by atoms with E-state index < -0.39 is 0 Å². The highest BCUT2D eigenvalue weighted by molar-refractivity contribution is 5.45. The summed E-state index contributed by atoms with van der Waals surface area (Å²) in [6.07, 6.45) is 6.91. The molecule has 0 unspecified atom stereocenters. The van der Waals surface area contributed by atoms with E-state index >= 15 is 0 Å². The molecule has 1 saturated heterocycles. The number of hydrogen-bond acceptors (Lipinski definition) is 3. The third kappa shape index (κ3) is 5.47. The first-order valence-electron chi connectivity index (χ1n) is 6.43. The van der Waals surface area contributed by atoms with Gasteiger partial charge in [-0.3, -0.25) is 4.79 Å². The van der Waals surface area contributed by atoms with Crippen LogP contribution in [0.5, 0.6) is 0 Å². The standard InChI is InChI=1S/C12H25N3O/c1-13-12-5-9-15(10-6-12)8-4-2-3-7-14-11-16/h11-13H,2-10H2,1H3,(H,14,16). The molecule has 94 valence electrons. The van der Waals surface area contributed by atoms with Crippen LogP contribution in [0.3, 0.4) is 0 Å². The average Bonchev–Trinajstić information content (AvgIpc) is 2.34. The summed E-state index contributed by atoms with van der Waals surface area (Å²) in [6.45, 7) is 4.51. The number of likely N-dealkylation sites (tertiary alicyclic amines) is 1. The summed E-state index contributed by atoms with van der Waals surface area (Å²) >= 11 is 0. The van der Waals surface area contributed by atoms with Gasteiger partial charge >= 0.3 is 0 Å². The van der Waals surface area contributed by atoms with Crippen molar-refractivity contribution in [3.05, 3.63) is 0 Å². The van der Waals surface area contributed by atoms with Crippen LogP contribution in [0.1, 0.15) is 32.1 Å². The first-order chi connectivity index (χ1) is 7.86. The SMILES string of the molecule is CNC1CCN(CCCCCNC=O)CC1. The molecule has 0 radical (unpaired) electrons. The van der Waals surface area contributed by atoms with Crippen molar-refractivity contribution in [1.29, 1.82) is 0 Å². The largest absolute Gasteiger partial charge is 0.359 e. The second-order valence-corrected chi connectivity index (χ2v) is 4.54. The Balaban J connectivity index is 1.92. The molecule has 0 spiro atoms. The Hall–Kier alpha value is -0.610. The van der Waals surface area contributed by atoms with Crippen molar-refractivity contribution < 1.29 is 4.79 Å². The molecule has 0 aliphatic carbocycles. The van der Waals surface area contributed by atoms with E-state index in [4.69, 9.17) is 0 Å². The van der Waals surface area contributed by atoms with Crippen LogP contribution in [0.25, 0.3) is 0 Å². The maximum absolute atomic E-state index is 10.0. The highest BCUT2D eigenvalue weighted by atomic mass is 16.1. The fourth-order valence-corrected chi connectivity index (χ4v) is 2.24. The number of unbranched alkanes of at least 4 members (excludes halogenated alkanes) is 2. The van der Waals surface area contributed by atoms with Crippen LogP contribution in [0.4, 0.5) is 0 Å². The molecule has 1 aliphatic rings. The van der Waals surface area contributed by atoms with E-state index in [0.717, 1.165) is 25.4 Å². The number of carbonyl (C=O) groups is 1. The van der Waals surface area contributed by atoms with Gasteiger partial charge < -0.3 is 15.5 Å². The quantitative estimate of drug-likeness (QED) is 0.471. The van der Waals surface area contributed by atoms with Gasteiger partial charge in [-0.2, -0.15) is 0 Å². The molecule has 4 heteroatoms. The lowest BCUT2D eigenvalue weighted by molar-refractivity contribution is -0.109. The van der Waals surface area contributed by atoms with Gasteiger partial charge in [0, 0.05) is 12.6 Å². The van der Waals surface area contributed by atoms with Crippen molar-refractivity contribution in [2.45, 2.75) is 38.1 Å². The van der Waals surface area contributed by atoms with E-state index in [2.05, 4.69) is 22.6 Å². The molecule has 16 heavy (non-hydrogen) atoms. The number of piperidine rings is 1. The van der Waals surface area contributed by atoms with Crippen molar-refractivity contribution in [3.63, 3.8) is 0 Å². The average molecular weight is 227 g/mol. The normalized spacial score (nSPS) is 18.6. The van der Waals surface area contributed by atoms with Crippen molar-refractivity contribution in [2.75, 3.05) is 33.2 Å². The Labute approximate surface area is 98.8 Å². The number of nitrogens with one attached hydrogen (secondary N) is 2. The fourth-order valence-electron chi connectivity index (χ4n) is 2.24. The van der Waals surface area contributed by atoms with Gasteiger partial charge in [0.25, 0.3) is 0 Å². The lowest BCUT2D eigenvalue weighted by atomic mass is 10.0. The molecule has 0 saturated carbocycles. The van der Waals surface area contributed by atoms with Crippen molar-refractivity contribution >= 4 is 6.41 Å². The van der Waals surface area contributed by atoms with E-state index in [1.807, 2.05) is 0 Å². The van der Waals surface area contributed by atoms with Crippen LogP contribution in [0.15, 0.2) is 0 Å². The lowest BCUT2D eigenvalue weighted by Gasteiger charge is -2.31. The summed E-state index contributed by atoms with van der Waals surface area (Å²) in [5.41, 5.74) is 0. The second kappa shape index (κ2) is 8.53. The number of rotatable bonds is 8. The predicted molar refractivity (Wildman–Crippen MR) is 66.4 cm³/mol. The smallest absolute Gasteiger partial charge is 0.207 e. The number of carbonyl (C=O) groups excluding carboxylic acids is 1. The Morgan fingerprint density at radius 3 is 2.62 bits per heavy atom. The second-order valence-electron chi connectivity index (χ2n) is 4.54. The molecular weight excluding hydrogens is 202 g/mol. The Bertz CT molecular complexity index is 179. The summed E-state index contributed by atoms with van der Waals surface area (Å²) in [4.78, 5) is 12.6. The van der Waals surface area contributed by atoms with Gasteiger partial charge in [-0.05, 0) is 52.4 Å². The molecule has 0 aromatic rings. The van der Waals surface area contributed by atoms with Crippen molar-refractivity contribution in [3.8, 4) is 0 Å². The van der Waals surface area contributed by atoms with Gasteiger partial charge in [-0.25, -0.2) is 0 Å². The molecule has 1 fully saturated rings. The third-order valence-electron chi connectivity index (χ3n) is 3.37. The number of amides is 1. The van der Waals surface area contributed by atoms with Crippen LogP contribution in [-0.2, 0) is 4.79 Å². The third-order valence-corrected chi connectivity index (χ3v) is 3.37. The van der Waals surface area contributed by atoms with Gasteiger partial charge in [0.05, 0.1) is 0 Å². The van der Waals surface area contributed by atoms with Crippen LogP contribution in [-0.4, -0.2) is 50.6 Å². The molecule has 4 nitrogen and oxygen atoms in total. The molecule has 1 heterocycles. The molecule has 1 amide bonds. The Morgan fingerprint density at radius 2 is 2.00 bits per heavy atom. The molecular formula is C12H25N3O. The van der Waals surface area contributed by atoms with Crippen LogP contribution in [0, 0.1) is 0 Å². The van der Waals surface area contributed by atoms with E-state index in [-0.39, 0.29) is 0 Å².